The fraction of sp³-hybridized carbons (Fsp3) is 0.867. The number of amides is 2. The van der Waals surface area contributed by atoms with Crippen LogP contribution in [0.4, 0.5) is 9.59 Å². The highest BCUT2D eigenvalue weighted by Gasteiger charge is 2.40. The second kappa shape index (κ2) is 9.93. The zero-order valence-corrected chi connectivity index (χ0v) is 16.9. The van der Waals surface area contributed by atoms with Gasteiger partial charge < -0.3 is 25.2 Å². The van der Waals surface area contributed by atoms with Crippen molar-refractivity contribution in [1.82, 2.24) is 10.6 Å². The monoisotopic (exact) mass is 398 g/mol. The quantitative estimate of drug-likeness (QED) is 0.405. The second-order valence-electron chi connectivity index (χ2n) is 7.50. The number of hydrogen-bond acceptors (Lipinski definition) is 8. The van der Waals surface area contributed by atoms with Crippen molar-refractivity contribution >= 4 is 22.3 Å². The minimum absolute atomic E-state index is 0.0730. The van der Waals surface area contributed by atoms with Gasteiger partial charge in [-0.2, -0.15) is 8.42 Å². The number of aliphatic hydroxyl groups excluding tert-OH is 1. The summed E-state index contributed by atoms with van der Waals surface area (Å²) >= 11 is 0. The van der Waals surface area contributed by atoms with Crippen molar-refractivity contribution in [3.05, 3.63) is 0 Å². The molecule has 1 unspecified atom stereocenters. The van der Waals surface area contributed by atoms with E-state index in [2.05, 4.69) is 10.6 Å². The van der Waals surface area contributed by atoms with Gasteiger partial charge in [0.2, 0.25) is 5.44 Å². The predicted molar refractivity (Wildman–Crippen MR) is 93.9 cm³/mol. The molecule has 26 heavy (non-hydrogen) atoms. The SMILES string of the molecule is CC(C)(C)OC(=O)NCCOS(=O)(=O)C(OC(=O)NCCO)C(C)(C)C. The Morgan fingerprint density at radius 2 is 1.54 bits per heavy atom. The van der Waals surface area contributed by atoms with E-state index in [-0.39, 0.29) is 26.3 Å². The molecule has 154 valence electrons. The van der Waals surface area contributed by atoms with E-state index in [0.717, 1.165) is 0 Å². The molecule has 1 atom stereocenters. The second-order valence-corrected chi connectivity index (χ2v) is 9.15. The average molecular weight is 398 g/mol. The molecule has 0 heterocycles. The third-order valence-corrected chi connectivity index (χ3v) is 4.41. The van der Waals surface area contributed by atoms with Crippen molar-refractivity contribution < 1.29 is 36.8 Å². The Kier molecular flexibility index (Phi) is 9.32. The normalized spacial score (nSPS) is 13.7. The van der Waals surface area contributed by atoms with Crippen LogP contribution in [0.3, 0.4) is 0 Å². The molecule has 0 aromatic carbocycles. The molecule has 2 amide bonds. The Hall–Kier alpha value is -1.59. The van der Waals surface area contributed by atoms with Gasteiger partial charge in [-0.1, -0.05) is 20.8 Å². The summed E-state index contributed by atoms with van der Waals surface area (Å²) in [5.41, 5.74) is -3.21. The molecular formula is C15H30N2O8S. The van der Waals surface area contributed by atoms with Crippen LogP contribution in [-0.2, 0) is 23.8 Å². The van der Waals surface area contributed by atoms with Crippen molar-refractivity contribution in [1.29, 1.82) is 0 Å². The van der Waals surface area contributed by atoms with Crippen molar-refractivity contribution in [3.63, 3.8) is 0 Å². The Labute approximate surface area is 154 Å². The van der Waals surface area contributed by atoms with E-state index in [1.54, 1.807) is 41.5 Å². The van der Waals surface area contributed by atoms with Gasteiger partial charge in [0.1, 0.15) is 5.60 Å². The van der Waals surface area contributed by atoms with Crippen LogP contribution in [0.15, 0.2) is 0 Å². The molecule has 0 saturated heterocycles. The van der Waals surface area contributed by atoms with Crippen LogP contribution in [0, 0.1) is 5.41 Å². The highest BCUT2D eigenvalue weighted by atomic mass is 32.2. The first-order chi connectivity index (χ1) is 11.7. The molecule has 0 aromatic rings. The molecule has 0 bridgehead atoms. The molecule has 11 heteroatoms. The fourth-order valence-electron chi connectivity index (χ4n) is 1.65. The number of carbonyl (C=O) groups excluding carboxylic acids is 2. The highest BCUT2D eigenvalue weighted by Crippen LogP contribution is 2.28. The minimum atomic E-state index is -4.27. The summed E-state index contributed by atoms with van der Waals surface area (Å²) in [6.45, 7) is 8.94. The summed E-state index contributed by atoms with van der Waals surface area (Å²) in [4.78, 5) is 23.1. The third-order valence-electron chi connectivity index (χ3n) is 2.58. The number of nitrogens with one attached hydrogen (secondary N) is 2. The first-order valence-electron chi connectivity index (χ1n) is 8.09. The van der Waals surface area contributed by atoms with Gasteiger partial charge in [-0.05, 0) is 20.8 Å². The van der Waals surface area contributed by atoms with Crippen LogP contribution >= 0.6 is 0 Å². The molecule has 0 aliphatic rings. The van der Waals surface area contributed by atoms with Gasteiger partial charge in [-0.15, -0.1) is 0 Å². The van der Waals surface area contributed by atoms with Gasteiger partial charge in [0, 0.05) is 18.5 Å². The topological polar surface area (TPSA) is 140 Å². The van der Waals surface area contributed by atoms with Crippen LogP contribution in [0.5, 0.6) is 0 Å². The van der Waals surface area contributed by atoms with Crippen molar-refractivity contribution in [2.75, 3.05) is 26.3 Å². The lowest BCUT2D eigenvalue weighted by molar-refractivity contribution is 0.0515. The number of carbonyl (C=O) groups is 2. The van der Waals surface area contributed by atoms with E-state index >= 15 is 0 Å². The first-order valence-corrected chi connectivity index (χ1v) is 9.56. The lowest BCUT2D eigenvalue weighted by Crippen LogP contribution is -2.43. The van der Waals surface area contributed by atoms with Crippen molar-refractivity contribution in [2.45, 2.75) is 52.6 Å². The summed E-state index contributed by atoms with van der Waals surface area (Å²) in [6, 6.07) is 0. The van der Waals surface area contributed by atoms with E-state index in [0.29, 0.717) is 0 Å². The van der Waals surface area contributed by atoms with E-state index < -0.39 is 38.8 Å². The Morgan fingerprint density at radius 1 is 1.00 bits per heavy atom. The van der Waals surface area contributed by atoms with Crippen LogP contribution in [0.25, 0.3) is 0 Å². The largest absolute Gasteiger partial charge is 0.444 e. The summed E-state index contributed by atoms with van der Waals surface area (Å²) < 4.78 is 39.5. The van der Waals surface area contributed by atoms with Crippen LogP contribution in [-0.4, -0.2) is 63.1 Å². The number of hydrogen-bond donors (Lipinski definition) is 3. The smallest absolute Gasteiger partial charge is 0.408 e. The number of alkyl carbamates (subject to hydrolysis) is 2. The molecule has 0 rings (SSSR count). The predicted octanol–water partition coefficient (Wildman–Crippen LogP) is 0.948. The molecular weight excluding hydrogens is 368 g/mol. The van der Waals surface area contributed by atoms with Gasteiger partial charge in [0.15, 0.2) is 0 Å². The Morgan fingerprint density at radius 3 is 2.00 bits per heavy atom. The maximum atomic E-state index is 12.3. The molecule has 0 spiro atoms. The van der Waals surface area contributed by atoms with E-state index in [1.807, 2.05) is 0 Å². The van der Waals surface area contributed by atoms with Crippen molar-refractivity contribution in [2.24, 2.45) is 5.41 Å². The fourth-order valence-corrected chi connectivity index (χ4v) is 3.16. The summed E-state index contributed by atoms with van der Waals surface area (Å²) in [7, 11) is -4.27. The summed E-state index contributed by atoms with van der Waals surface area (Å²) in [6.07, 6.45) is -1.69. The summed E-state index contributed by atoms with van der Waals surface area (Å²) in [5.74, 6) is 0. The molecule has 0 radical (unpaired) electrons. The van der Waals surface area contributed by atoms with Gasteiger partial charge in [-0.25, -0.2) is 9.59 Å². The number of aliphatic hydroxyl groups is 1. The Balaban J connectivity index is 4.70. The highest BCUT2D eigenvalue weighted by molar-refractivity contribution is 7.87. The van der Waals surface area contributed by atoms with Gasteiger partial charge in [-0.3, -0.25) is 4.18 Å². The van der Waals surface area contributed by atoms with Crippen molar-refractivity contribution in [3.8, 4) is 0 Å². The molecule has 0 aliphatic carbocycles. The summed E-state index contributed by atoms with van der Waals surface area (Å²) in [5, 5.41) is 13.2. The lowest BCUT2D eigenvalue weighted by atomic mass is 9.98. The zero-order chi connectivity index (χ0) is 20.6. The maximum Gasteiger partial charge on any atom is 0.408 e. The van der Waals surface area contributed by atoms with Crippen LogP contribution < -0.4 is 10.6 Å². The third kappa shape index (κ3) is 10.4. The Bertz CT molecular complexity index is 563. The first kappa shape index (κ1) is 24.4. The van der Waals surface area contributed by atoms with Crippen LogP contribution in [0.1, 0.15) is 41.5 Å². The molecule has 10 nitrogen and oxygen atoms in total. The lowest BCUT2D eigenvalue weighted by Gasteiger charge is -2.29. The van der Waals surface area contributed by atoms with Gasteiger partial charge >= 0.3 is 22.3 Å². The minimum Gasteiger partial charge on any atom is -0.444 e. The molecule has 0 aromatic heterocycles. The van der Waals surface area contributed by atoms with E-state index in [4.69, 9.17) is 18.8 Å². The number of ether oxygens (including phenoxy) is 2. The zero-order valence-electron chi connectivity index (χ0n) is 16.1. The molecule has 0 saturated carbocycles. The average Bonchev–Trinajstić information content (AvgIpc) is 2.44. The van der Waals surface area contributed by atoms with Gasteiger partial charge in [0.05, 0.1) is 13.2 Å². The van der Waals surface area contributed by atoms with E-state index in [1.165, 1.54) is 0 Å². The number of rotatable bonds is 8. The molecule has 0 aliphatic heterocycles. The van der Waals surface area contributed by atoms with E-state index in [9.17, 15) is 18.0 Å². The standard InChI is InChI=1S/C15H30N2O8S/c1-14(2,3)11(24-12(19)16-7-9-18)26(21,22)23-10-8-17-13(20)25-15(4,5)6/h11,18H,7-10H2,1-6H3,(H,16,19)(H,17,20). The molecule has 3 N–H and O–H groups in total. The van der Waals surface area contributed by atoms with Gasteiger partial charge in [0.25, 0.3) is 0 Å². The maximum absolute atomic E-state index is 12.3. The van der Waals surface area contributed by atoms with Crippen LogP contribution in [0.2, 0.25) is 0 Å². The molecule has 0 fully saturated rings.